The zero-order chi connectivity index (χ0) is 21.6. The molecule has 0 atom stereocenters. The standard InChI is InChI=1S/C25H23FN2O2S/c1-2-30-24-13-8-19(15-23(24)29)14-22-17-28(21-11-9-20(26)10-12-21)25(31-22)27-16-18-6-4-3-5-7-18/h3-15,29H,2,16-17H2,1H3/b22-14-,27-25-. The van der Waals surface area contributed by atoms with Crippen LogP contribution >= 0.6 is 11.8 Å². The van der Waals surface area contributed by atoms with Gasteiger partial charge in [0, 0.05) is 10.6 Å². The number of phenols is 1. The normalized spacial score (nSPS) is 16.3. The molecule has 3 aromatic carbocycles. The second kappa shape index (κ2) is 9.71. The molecule has 1 aliphatic heterocycles. The number of aliphatic imine (C=N–C) groups is 1. The summed E-state index contributed by atoms with van der Waals surface area (Å²) >= 11 is 1.58. The summed E-state index contributed by atoms with van der Waals surface area (Å²) in [6.07, 6.45) is 2.03. The SMILES string of the molecule is CCOc1ccc(/C=C2/CN(c3ccc(F)cc3)/C(=N/Cc3ccccc3)S2)cc1O. The number of halogens is 1. The first-order valence-electron chi connectivity index (χ1n) is 10.1. The Balaban J connectivity index is 1.61. The van der Waals surface area contributed by atoms with Gasteiger partial charge in [0.1, 0.15) is 5.82 Å². The third-order valence-corrected chi connectivity index (χ3v) is 5.80. The number of anilines is 1. The average Bonchev–Trinajstić information content (AvgIpc) is 3.18. The van der Waals surface area contributed by atoms with Crippen LogP contribution in [0.1, 0.15) is 18.1 Å². The van der Waals surface area contributed by atoms with E-state index in [4.69, 9.17) is 9.73 Å². The van der Waals surface area contributed by atoms with E-state index in [1.807, 2.05) is 49.4 Å². The van der Waals surface area contributed by atoms with Crippen molar-refractivity contribution in [1.82, 2.24) is 0 Å². The van der Waals surface area contributed by atoms with E-state index < -0.39 is 0 Å². The molecule has 0 aliphatic carbocycles. The molecule has 1 aliphatic rings. The molecular formula is C25H23FN2O2S. The van der Waals surface area contributed by atoms with Crippen LogP contribution in [0, 0.1) is 5.82 Å². The van der Waals surface area contributed by atoms with Crippen LogP contribution in [0.2, 0.25) is 0 Å². The lowest BCUT2D eigenvalue weighted by atomic mass is 10.2. The van der Waals surface area contributed by atoms with E-state index in [0.29, 0.717) is 25.4 Å². The van der Waals surface area contributed by atoms with E-state index in [1.165, 1.54) is 12.1 Å². The maximum absolute atomic E-state index is 13.4. The number of amidine groups is 1. The molecule has 4 nitrogen and oxygen atoms in total. The van der Waals surface area contributed by atoms with Crippen LogP contribution < -0.4 is 9.64 Å². The molecule has 0 unspecified atom stereocenters. The molecular weight excluding hydrogens is 411 g/mol. The van der Waals surface area contributed by atoms with Gasteiger partial charge in [0.25, 0.3) is 0 Å². The zero-order valence-electron chi connectivity index (χ0n) is 17.2. The number of benzene rings is 3. The highest BCUT2D eigenvalue weighted by atomic mass is 32.2. The molecule has 6 heteroatoms. The molecule has 1 fully saturated rings. The van der Waals surface area contributed by atoms with Gasteiger partial charge in [0.2, 0.25) is 0 Å². The molecule has 0 aromatic heterocycles. The van der Waals surface area contributed by atoms with Crippen molar-refractivity contribution in [2.45, 2.75) is 13.5 Å². The first-order valence-corrected chi connectivity index (χ1v) is 10.9. The van der Waals surface area contributed by atoms with E-state index in [-0.39, 0.29) is 11.6 Å². The first-order chi connectivity index (χ1) is 15.1. The van der Waals surface area contributed by atoms with E-state index in [0.717, 1.165) is 26.9 Å². The largest absolute Gasteiger partial charge is 0.504 e. The molecule has 0 radical (unpaired) electrons. The van der Waals surface area contributed by atoms with E-state index in [9.17, 15) is 9.50 Å². The number of ether oxygens (including phenoxy) is 1. The average molecular weight is 435 g/mol. The summed E-state index contributed by atoms with van der Waals surface area (Å²) in [6.45, 7) is 3.57. The van der Waals surface area contributed by atoms with Gasteiger partial charge in [-0.05, 0) is 60.5 Å². The van der Waals surface area contributed by atoms with Crippen LogP contribution in [0.25, 0.3) is 6.08 Å². The van der Waals surface area contributed by atoms with Gasteiger partial charge in [0.15, 0.2) is 16.7 Å². The van der Waals surface area contributed by atoms with Crippen molar-refractivity contribution in [3.8, 4) is 11.5 Å². The Bertz CT molecular complexity index is 1100. The Morgan fingerprint density at radius 3 is 2.58 bits per heavy atom. The highest BCUT2D eigenvalue weighted by molar-refractivity contribution is 8.18. The quantitative estimate of drug-likeness (QED) is 0.511. The molecule has 1 saturated heterocycles. The molecule has 4 rings (SSSR count). The number of hydrogen-bond acceptors (Lipinski definition) is 4. The lowest BCUT2D eigenvalue weighted by Gasteiger charge is -2.17. The Morgan fingerprint density at radius 2 is 1.87 bits per heavy atom. The smallest absolute Gasteiger partial charge is 0.169 e. The summed E-state index contributed by atoms with van der Waals surface area (Å²) in [5.41, 5.74) is 2.90. The van der Waals surface area contributed by atoms with E-state index in [2.05, 4.69) is 4.90 Å². The minimum absolute atomic E-state index is 0.118. The number of nitrogens with zero attached hydrogens (tertiary/aromatic N) is 2. The Labute approximate surface area is 185 Å². The van der Waals surface area contributed by atoms with Crippen LogP contribution in [0.5, 0.6) is 11.5 Å². The highest BCUT2D eigenvalue weighted by Crippen LogP contribution is 2.36. The monoisotopic (exact) mass is 434 g/mol. The van der Waals surface area contributed by atoms with Crippen molar-refractivity contribution in [2.24, 2.45) is 4.99 Å². The van der Waals surface area contributed by atoms with Gasteiger partial charge in [-0.2, -0.15) is 0 Å². The lowest BCUT2D eigenvalue weighted by molar-refractivity contribution is 0.318. The van der Waals surface area contributed by atoms with E-state index >= 15 is 0 Å². The number of rotatable bonds is 6. The number of thioether (sulfide) groups is 1. The predicted octanol–water partition coefficient (Wildman–Crippen LogP) is 6.08. The minimum Gasteiger partial charge on any atom is -0.504 e. The van der Waals surface area contributed by atoms with Crippen molar-refractivity contribution in [1.29, 1.82) is 0 Å². The molecule has 0 amide bonds. The van der Waals surface area contributed by atoms with Crippen molar-refractivity contribution in [2.75, 3.05) is 18.1 Å². The fourth-order valence-corrected chi connectivity index (χ4v) is 4.31. The van der Waals surface area contributed by atoms with Crippen molar-refractivity contribution in [3.63, 3.8) is 0 Å². The maximum Gasteiger partial charge on any atom is 0.169 e. The molecule has 3 aromatic rings. The molecule has 158 valence electrons. The minimum atomic E-state index is -0.265. The van der Waals surface area contributed by atoms with Gasteiger partial charge in [-0.15, -0.1) is 0 Å². The second-order valence-corrected chi connectivity index (χ2v) is 8.11. The molecule has 0 spiro atoms. The van der Waals surface area contributed by atoms with Crippen LogP contribution in [0.4, 0.5) is 10.1 Å². The van der Waals surface area contributed by atoms with Crippen molar-refractivity contribution in [3.05, 3.63) is 94.6 Å². The topological polar surface area (TPSA) is 45.1 Å². The summed E-state index contributed by atoms with van der Waals surface area (Å²) in [6, 6.07) is 21.9. The zero-order valence-corrected chi connectivity index (χ0v) is 18.0. The summed E-state index contributed by atoms with van der Waals surface area (Å²) < 4.78 is 18.8. The summed E-state index contributed by atoms with van der Waals surface area (Å²) in [4.78, 5) is 7.98. The molecule has 1 N–H and O–H groups in total. The predicted molar refractivity (Wildman–Crippen MR) is 126 cm³/mol. The van der Waals surface area contributed by atoms with Crippen LogP contribution in [0.15, 0.2) is 82.7 Å². The lowest BCUT2D eigenvalue weighted by Crippen LogP contribution is -2.23. The molecule has 1 heterocycles. The van der Waals surface area contributed by atoms with Gasteiger partial charge in [0.05, 0.1) is 19.7 Å². The van der Waals surface area contributed by atoms with Gasteiger partial charge in [-0.1, -0.05) is 48.2 Å². The van der Waals surface area contributed by atoms with Crippen LogP contribution in [-0.2, 0) is 6.54 Å². The summed E-state index contributed by atoms with van der Waals surface area (Å²) in [5.74, 6) is 0.327. The molecule has 31 heavy (non-hydrogen) atoms. The number of hydrogen-bond donors (Lipinski definition) is 1. The highest BCUT2D eigenvalue weighted by Gasteiger charge is 2.25. The van der Waals surface area contributed by atoms with Gasteiger partial charge < -0.3 is 14.7 Å². The van der Waals surface area contributed by atoms with Gasteiger partial charge in [-0.3, -0.25) is 4.99 Å². The van der Waals surface area contributed by atoms with Crippen LogP contribution in [-0.4, -0.2) is 23.4 Å². The summed E-state index contributed by atoms with van der Waals surface area (Å²) in [5, 5.41) is 11.0. The Morgan fingerprint density at radius 1 is 1.10 bits per heavy atom. The fraction of sp³-hybridized carbons (Fsp3) is 0.160. The first kappa shape index (κ1) is 21.0. The third kappa shape index (κ3) is 5.27. The summed E-state index contributed by atoms with van der Waals surface area (Å²) in [7, 11) is 0. The Hall–Kier alpha value is -3.25. The van der Waals surface area contributed by atoms with Crippen molar-refractivity contribution < 1.29 is 14.2 Å². The number of phenolic OH excluding ortho intramolecular Hbond substituents is 1. The van der Waals surface area contributed by atoms with Crippen molar-refractivity contribution >= 4 is 28.7 Å². The molecule has 0 bridgehead atoms. The maximum atomic E-state index is 13.4. The van der Waals surface area contributed by atoms with Crippen LogP contribution in [0.3, 0.4) is 0 Å². The Kier molecular flexibility index (Phi) is 6.57. The number of aromatic hydroxyl groups is 1. The van der Waals surface area contributed by atoms with Gasteiger partial charge in [-0.25, -0.2) is 4.39 Å². The van der Waals surface area contributed by atoms with E-state index in [1.54, 1.807) is 36.0 Å². The second-order valence-electron chi connectivity index (χ2n) is 7.02. The molecule has 0 saturated carbocycles. The van der Waals surface area contributed by atoms with Gasteiger partial charge >= 0.3 is 0 Å². The third-order valence-electron chi connectivity index (χ3n) is 4.76. The fourth-order valence-electron chi connectivity index (χ4n) is 3.27.